The summed E-state index contributed by atoms with van der Waals surface area (Å²) in [5.41, 5.74) is -0.602. The minimum Gasteiger partial charge on any atom is -0.478 e. The average molecular weight is 242 g/mol. The number of carbonyl (C=O) groups is 2. The lowest BCUT2D eigenvalue weighted by molar-refractivity contribution is -0.157. The van der Waals surface area contributed by atoms with Crippen LogP contribution in [-0.2, 0) is 14.3 Å². The quantitative estimate of drug-likeness (QED) is 0.574. The molecule has 0 rings (SSSR count). The molecule has 0 heterocycles. The summed E-state index contributed by atoms with van der Waals surface area (Å²) in [7, 11) is 0. The first-order chi connectivity index (χ1) is 7.70. The second-order valence-corrected chi connectivity index (χ2v) is 4.87. The van der Waals surface area contributed by atoms with Crippen molar-refractivity contribution in [3.63, 3.8) is 0 Å². The van der Waals surface area contributed by atoms with E-state index in [1.165, 1.54) is 0 Å². The third-order valence-corrected chi connectivity index (χ3v) is 3.32. The molecule has 17 heavy (non-hydrogen) atoms. The molecule has 0 saturated heterocycles. The van der Waals surface area contributed by atoms with E-state index in [4.69, 9.17) is 9.84 Å². The van der Waals surface area contributed by atoms with Crippen molar-refractivity contribution in [3.05, 3.63) is 12.2 Å². The highest BCUT2D eigenvalue weighted by atomic mass is 16.6. The van der Waals surface area contributed by atoms with Crippen molar-refractivity contribution < 1.29 is 19.4 Å². The van der Waals surface area contributed by atoms with Crippen molar-refractivity contribution in [3.8, 4) is 0 Å². The fourth-order valence-electron chi connectivity index (χ4n) is 1.56. The zero-order valence-corrected chi connectivity index (χ0v) is 11.2. The summed E-state index contributed by atoms with van der Waals surface area (Å²) in [5.74, 6) is -1.14. The Hall–Kier alpha value is -1.32. The maximum absolute atomic E-state index is 11.4. The van der Waals surface area contributed by atoms with Crippen LogP contribution in [0.2, 0.25) is 0 Å². The summed E-state index contributed by atoms with van der Waals surface area (Å²) in [6, 6.07) is 0. The highest BCUT2D eigenvalue weighted by Gasteiger charge is 2.32. The van der Waals surface area contributed by atoms with Gasteiger partial charge >= 0.3 is 11.9 Å². The van der Waals surface area contributed by atoms with Gasteiger partial charge < -0.3 is 9.84 Å². The summed E-state index contributed by atoms with van der Waals surface area (Å²) in [6.07, 6.45) is 2.73. The third kappa shape index (κ3) is 5.52. The van der Waals surface area contributed by atoms with Crippen LogP contribution in [0.1, 0.15) is 41.0 Å². The number of carboxylic acid groups (broad SMARTS) is 1. The van der Waals surface area contributed by atoms with Crippen LogP contribution in [0.25, 0.3) is 0 Å². The molecule has 0 aliphatic carbocycles. The van der Waals surface area contributed by atoms with Gasteiger partial charge in [-0.2, -0.15) is 0 Å². The van der Waals surface area contributed by atoms with Crippen LogP contribution in [0.4, 0.5) is 0 Å². The van der Waals surface area contributed by atoms with Crippen molar-refractivity contribution >= 4 is 11.9 Å². The normalized spacial score (nSPS) is 15.6. The number of esters is 1. The average Bonchev–Trinajstić information content (AvgIpc) is 2.23. The smallest absolute Gasteiger partial charge is 0.331 e. The molecule has 4 nitrogen and oxygen atoms in total. The molecule has 1 N–H and O–H groups in total. The predicted octanol–water partition coefficient (Wildman–Crippen LogP) is 2.63. The summed E-state index contributed by atoms with van der Waals surface area (Å²) in [6.45, 7) is 9.91. The zero-order chi connectivity index (χ0) is 13.6. The largest absolute Gasteiger partial charge is 0.478 e. The maximum atomic E-state index is 11.4. The molecule has 98 valence electrons. The van der Waals surface area contributed by atoms with Gasteiger partial charge in [0.05, 0.1) is 0 Å². The van der Waals surface area contributed by atoms with Crippen molar-refractivity contribution in [2.75, 3.05) is 0 Å². The predicted molar refractivity (Wildman–Crippen MR) is 65.6 cm³/mol. The number of ether oxygens (including phenoxy) is 1. The Morgan fingerprint density at radius 1 is 1.29 bits per heavy atom. The Morgan fingerprint density at radius 2 is 1.82 bits per heavy atom. The van der Waals surface area contributed by atoms with Crippen LogP contribution in [-0.4, -0.2) is 22.6 Å². The number of carbonyl (C=O) groups excluding carboxylic acids is 1. The Balaban J connectivity index is 4.53. The van der Waals surface area contributed by atoms with Crippen molar-refractivity contribution in [2.45, 2.75) is 46.6 Å². The number of hydrogen-bond acceptors (Lipinski definition) is 3. The van der Waals surface area contributed by atoms with Gasteiger partial charge in [-0.05, 0) is 25.7 Å². The summed E-state index contributed by atoms with van der Waals surface area (Å²) in [5, 5.41) is 8.40. The van der Waals surface area contributed by atoms with Gasteiger partial charge in [0.15, 0.2) is 0 Å². The van der Waals surface area contributed by atoms with E-state index < -0.39 is 17.5 Å². The van der Waals surface area contributed by atoms with Crippen LogP contribution in [0.3, 0.4) is 0 Å². The van der Waals surface area contributed by atoms with Crippen molar-refractivity contribution in [1.82, 2.24) is 0 Å². The minimum absolute atomic E-state index is 0.203. The Morgan fingerprint density at radius 3 is 2.24 bits per heavy atom. The first-order valence-corrected chi connectivity index (χ1v) is 5.84. The van der Waals surface area contributed by atoms with Crippen LogP contribution < -0.4 is 0 Å². The summed E-state index contributed by atoms with van der Waals surface area (Å²) < 4.78 is 5.28. The molecule has 0 aliphatic rings. The molecule has 0 radical (unpaired) electrons. The van der Waals surface area contributed by atoms with Gasteiger partial charge in [-0.25, -0.2) is 9.59 Å². The maximum Gasteiger partial charge on any atom is 0.331 e. The lowest BCUT2D eigenvalue weighted by Crippen LogP contribution is -2.38. The summed E-state index contributed by atoms with van der Waals surface area (Å²) >= 11 is 0. The van der Waals surface area contributed by atoms with Crippen LogP contribution in [0.5, 0.6) is 0 Å². The van der Waals surface area contributed by atoms with Crippen LogP contribution in [0.15, 0.2) is 12.2 Å². The molecular formula is C13H22O4. The molecule has 2 atom stereocenters. The molecule has 0 aromatic carbocycles. The van der Waals surface area contributed by atoms with Gasteiger partial charge in [0.2, 0.25) is 0 Å². The van der Waals surface area contributed by atoms with E-state index in [0.717, 1.165) is 18.6 Å². The van der Waals surface area contributed by atoms with Crippen LogP contribution in [0, 0.1) is 11.8 Å². The second kappa shape index (κ2) is 6.42. The standard InChI is InChI=1S/C13H22O4/c1-6-9(2)10(3)13(4,5)17-12(16)8-7-11(14)15/h7-10H,6H2,1-5H3,(H,14,15)/b8-7+. The topological polar surface area (TPSA) is 63.6 Å². The molecular weight excluding hydrogens is 220 g/mol. The van der Waals surface area contributed by atoms with Gasteiger partial charge in [0.25, 0.3) is 0 Å². The van der Waals surface area contributed by atoms with Gasteiger partial charge in [0.1, 0.15) is 5.60 Å². The molecule has 4 heteroatoms. The Bertz CT molecular complexity index is 305. The molecule has 0 aromatic rings. The summed E-state index contributed by atoms with van der Waals surface area (Å²) in [4.78, 5) is 21.7. The second-order valence-electron chi connectivity index (χ2n) is 4.87. The van der Waals surface area contributed by atoms with E-state index in [1.54, 1.807) is 0 Å². The van der Waals surface area contributed by atoms with Crippen molar-refractivity contribution in [2.24, 2.45) is 11.8 Å². The molecule has 0 saturated carbocycles. The van der Waals surface area contributed by atoms with E-state index in [2.05, 4.69) is 13.8 Å². The fraction of sp³-hybridized carbons (Fsp3) is 0.692. The molecule has 0 spiro atoms. The number of aliphatic carboxylic acids is 1. The number of rotatable bonds is 6. The first kappa shape index (κ1) is 15.7. The Labute approximate surface area is 103 Å². The van der Waals surface area contributed by atoms with Gasteiger partial charge in [-0.15, -0.1) is 0 Å². The van der Waals surface area contributed by atoms with E-state index in [9.17, 15) is 9.59 Å². The van der Waals surface area contributed by atoms with E-state index in [-0.39, 0.29) is 5.92 Å². The minimum atomic E-state index is -1.16. The Kier molecular flexibility index (Phi) is 5.93. The number of hydrogen-bond donors (Lipinski definition) is 1. The molecule has 0 bridgehead atoms. The first-order valence-electron chi connectivity index (χ1n) is 5.84. The van der Waals surface area contributed by atoms with Gasteiger partial charge in [0, 0.05) is 12.2 Å². The molecule has 0 amide bonds. The fourth-order valence-corrected chi connectivity index (χ4v) is 1.56. The highest BCUT2D eigenvalue weighted by molar-refractivity contribution is 5.90. The van der Waals surface area contributed by atoms with Crippen LogP contribution >= 0.6 is 0 Å². The van der Waals surface area contributed by atoms with Gasteiger partial charge in [-0.1, -0.05) is 27.2 Å². The monoisotopic (exact) mass is 242 g/mol. The lowest BCUT2D eigenvalue weighted by Gasteiger charge is -2.34. The molecule has 0 aromatic heterocycles. The molecule has 0 aliphatic heterocycles. The van der Waals surface area contributed by atoms with E-state index in [0.29, 0.717) is 5.92 Å². The van der Waals surface area contributed by atoms with E-state index in [1.807, 2.05) is 20.8 Å². The number of carboxylic acids is 1. The van der Waals surface area contributed by atoms with E-state index >= 15 is 0 Å². The lowest BCUT2D eigenvalue weighted by atomic mass is 9.81. The molecule has 0 fully saturated rings. The molecule has 2 unspecified atom stereocenters. The zero-order valence-electron chi connectivity index (χ0n) is 11.2. The SMILES string of the molecule is CCC(C)C(C)C(C)(C)OC(=O)/C=C/C(=O)O. The third-order valence-electron chi connectivity index (χ3n) is 3.32. The van der Waals surface area contributed by atoms with Gasteiger partial charge in [-0.3, -0.25) is 0 Å². The highest BCUT2D eigenvalue weighted by Crippen LogP contribution is 2.29. The van der Waals surface area contributed by atoms with Crippen molar-refractivity contribution in [1.29, 1.82) is 0 Å².